The molecular formula is C30H31Cl2N3O5. The predicted octanol–water partition coefficient (Wildman–Crippen LogP) is 4.62. The Kier molecular flexibility index (Phi) is 9.24. The molecule has 3 aromatic carbocycles. The van der Waals surface area contributed by atoms with Crippen molar-refractivity contribution >= 4 is 35.0 Å². The number of hydrogen-bond donors (Lipinski definition) is 2. The zero-order chi connectivity index (χ0) is 28.0. The van der Waals surface area contributed by atoms with E-state index < -0.39 is 11.6 Å². The van der Waals surface area contributed by atoms with Gasteiger partial charge in [0, 0.05) is 53.7 Å². The highest BCUT2D eigenvalue weighted by atomic mass is 35.5. The SMILES string of the molecule is O=C(NN1CCOCC1)[C@@]1(Cc2ccccc2)N=C(c2ccc(OCCCO)cc2)O[C@H]1c1ccc(Cl)cc1Cl. The molecule has 0 aliphatic carbocycles. The van der Waals surface area contributed by atoms with Crippen molar-refractivity contribution in [3.63, 3.8) is 0 Å². The molecule has 8 nitrogen and oxygen atoms in total. The zero-order valence-corrected chi connectivity index (χ0v) is 23.4. The van der Waals surface area contributed by atoms with Crippen molar-refractivity contribution in [3.05, 3.63) is 99.5 Å². The van der Waals surface area contributed by atoms with E-state index in [0.29, 0.717) is 72.2 Å². The summed E-state index contributed by atoms with van der Waals surface area (Å²) in [5, 5.41) is 11.7. The van der Waals surface area contributed by atoms with Crippen LogP contribution in [0.5, 0.6) is 5.75 Å². The lowest BCUT2D eigenvalue weighted by molar-refractivity contribution is -0.136. The molecule has 0 bridgehead atoms. The van der Waals surface area contributed by atoms with Crippen LogP contribution in [0, 0.1) is 0 Å². The van der Waals surface area contributed by atoms with E-state index in [2.05, 4.69) is 5.43 Å². The molecule has 1 saturated heterocycles. The minimum absolute atomic E-state index is 0.0629. The Morgan fingerprint density at radius 3 is 2.52 bits per heavy atom. The van der Waals surface area contributed by atoms with E-state index >= 15 is 0 Å². The van der Waals surface area contributed by atoms with Gasteiger partial charge < -0.3 is 19.3 Å². The Morgan fingerprint density at radius 1 is 1.07 bits per heavy atom. The number of hydrogen-bond acceptors (Lipinski definition) is 7. The molecule has 3 aromatic rings. The van der Waals surface area contributed by atoms with Crippen LogP contribution in [0.2, 0.25) is 10.0 Å². The number of morpholine rings is 1. The number of aliphatic imine (C=N–C) groups is 1. The minimum atomic E-state index is -1.37. The lowest BCUT2D eigenvalue weighted by atomic mass is 9.82. The molecule has 1 fully saturated rings. The fourth-order valence-corrected chi connectivity index (χ4v) is 5.30. The second kappa shape index (κ2) is 13.0. The maximum Gasteiger partial charge on any atom is 0.266 e. The van der Waals surface area contributed by atoms with Crippen LogP contribution in [0.15, 0.2) is 77.8 Å². The minimum Gasteiger partial charge on any atom is -0.494 e. The largest absolute Gasteiger partial charge is 0.494 e. The molecule has 40 heavy (non-hydrogen) atoms. The average Bonchev–Trinajstić information content (AvgIpc) is 3.35. The molecule has 2 aliphatic heterocycles. The lowest BCUT2D eigenvalue weighted by Gasteiger charge is -2.35. The van der Waals surface area contributed by atoms with Crippen molar-refractivity contribution in [2.24, 2.45) is 4.99 Å². The van der Waals surface area contributed by atoms with Crippen LogP contribution >= 0.6 is 23.2 Å². The molecule has 0 spiro atoms. The van der Waals surface area contributed by atoms with Gasteiger partial charge in [-0.15, -0.1) is 0 Å². The molecule has 210 valence electrons. The number of hydrazine groups is 1. The third kappa shape index (κ3) is 6.43. The molecule has 2 aliphatic rings. The fourth-order valence-electron chi connectivity index (χ4n) is 4.80. The molecular weight excluding hydrogens is 553 g/mol. The molecule has 1 amide bonds. The highest BCUT2D eigenvalue weighted by molar-refractivity contribution is 6.35. The number of nitrogens with zero attached hydrogens (tertiary/aromatic N) is 2. The Labute approximate surface area is 243 Å². The third-order valence-corrected chi connectivity index (χ3v) is 7.42. The van der Waals surface area contributed by atoms with Gasteiger partial charge in [-0.05, 0) is 42.0 Å². The number of aliphatic hydroxyl groups excluding tert-OH is 1. The summed E-state index contributed by atoms with van der Waals surface area (Å²) < 4.78 is 17.7. The lowest BCUT2D eigenvalue weighted by Crippen LogP contribution is -2.57. The Balaban J connectivity index is 1.56. The fraction of sp³-hybridized carbons (Fsp3) is 0.333. The number of carbonyl (C=O) groups excluding carboxylic acids is 1. The average molecular weight is 585 g/mol. The maximum absolute atomic E-state index is 14.3. The number of amides is 1. The molecule has 5 rings (SSSR count). The first-order valence-electron chi connectivity index (χ1n) is 13.2. The highest BCUT2D eigenvalue weighted by Gasteiger charge is 2.54. The van der Waals surface area contributed by atoms with Crippen molar-refractivity contribution in [2.45, 2.75) is 24.5 Å². The standard InChI is InChI=1S/C30H31Cl2N3O5/c31-23-9-12-25(26(32)19-23)27-30(20-21-5-2-1-3-6-21,29(37)34-35-13-17-38-18-14-35)33-28(40-27)22-7-10-24(11-8-22)39-16-4-15-36/h1-3,5-12,19,27,36H,4,13-18,20H2,(H,34,37)/t27-,30-/m0/s1. The number of rotatable bonds is 10. The van der Waals surface area contributed by atoms with Gasteiger partial charge in [-0.2, -0.15) is 0 Å². The summed E-state index contributed by atoms with van der Waals surface area (Å²) in [5.41, 5.74) is 3.94. The van der Waals surface area contributed by atoms with Crippen LogP contribution in [-0.2, 0) is 20.7 Å². The van der Waals surface area contributed by atoms with Crippen molar-refractivity contribution in [2.75, 3.05) is 39.5 Å². The molecule has 0 saturated carbocycles. The van der Waals surface area contributed by atoms with Crippen LogP contribution in [0.4, 0.5) is 0 Å². The summed E-state index contributed by atoms with van der Waals surface area (Å²) in [6.45, 7) is 2.65. The van der Waals surface area contributed by atoms with Gasteiger partial charge in [-0.25, -0.2) is 10.0 Å². The van der Waals surface area contributed by atoms with Gasteiger partial charge in [0.25, 0.3) is 5.91 Å². The van der Waals surface area contributed by atoms with Crippen LogP contribution < -0.4 is 10.2 Å². The molecule has 0 radical (unpaired) electrons. The normalized spacial score (nSPS) is 21.0. The van der Waals surface area contributed by atoms with E-state index in [-0.39, 0.29) is 18.9 Å². The van der Waals surface area contributed by atoms with Gasteiger partial charge in [-0.3, -0.25) is 10.2 Å². The van der Waals surface area contributed by atoms with E-state index in [9.17, 15) is 4.79 Å². The zero-order valence-electron chi connectivity index (χ0n) is 21.9. The van der Waals surface area contributed by atoms with Gasteiger partial charge in [-0.1, -0.05) is 59.6 Å². The monoisotopic (exact) mass is 583 g/mol. The van der Waals surface area contributed by atoms with Gasteiger partial charge in [0.05, 0.1) is 19.8 Å². The Bertz CT molecular complexity index is 1330. The Hall–Kier alpha value is -3.14. The number of benzene rings is 3. The molecule has 10 heteroatoms. The first kappa shape index (κ1) is 28.4. The highest BCUT2D eigenvalue weighted by Crippen LogP contribution is 2.45. The first-order chi connectivity index (χ1) is 19.5. The van der Waals surface area contributed by atoms with Crippen molar-refractivity contribution in [1.29, 1.82) is 0 Å². The number of ether oxygens (including phenoxy) is 3. The van der Waals surface area contributed by atoms with Gasteiger partial charge >= 0.3 is 0 Å². The summed E-state index contributed by atoms with van der Waals surface area (Å²) in [6.07, 6.45) is -0.00472. The molecule has 0 aromatic heterocycles. The van der Waals surface area contributed by atoms with Gasteiger partial charge in [0.1, 0.15) is 5.75 Å². The van der Waals surface area contributed by atoms with E-state index in [1.54, 1.807) is 18.2 Å². The van der Waals surface area contributed by atoms with Crippen molar-refractivity contribution < 1.29 is 24.1 Å². The summed E-state index contributed by atoms with van der Waals surface area (Å²) in [4.78, 5) is 19.3. The van der Waals surface area contributed by atoms with Gasteiger partial charge in [0.15, 0.2) is 11.6 Å². The van der Waals surface area contributed by atoms with Crippen molar-refractivity contribution in [3.8, 4) is 5.75 Å². The van der Waals surface area contributed by atoms with Crippen LogP contribution in [0.25, 0.3) is 0 Å². The number of carbonyl (C=O) groups is 1. The van der Waals surface area contributed by atoms with Crippen molar-refractivity contribution in [1.82, 2.24) is 10.4 Å². The second-order valence-electron chi connectivity index (χ2n) is 9.66. The number of halogens is 2. The summed E-state index contributed by atoms with van der Waals surface area (Å²) in [6, 6.07) is 22.2. The van der Waals surface area contributed by atoms with Crippen LogP contribution in [0.3, 0.4) is 0 Å². The molecule has 2 atom stereocenters. The molecule has 2 N–H and O–H groups in total. The number of aliphatic hydroxyl groups is 1. The van der Waals surface area contributed by atoms with E-state index in [0.717, 1.165) is 5.56 Å². The smallest absolute Gasteiger partial charge is 0.266 e. The first-order valence-corrected chi connectivity index (χ1v) is 14.0. The van der Waals surface area contributed by atoms with E-state index in [1.807, 2.05) is 59.6 Å². The summed E-state index contributed by atoms with van der Waals surface area (Å²) in [7, 11) is 0. The maximum atomic E-state index is 14.3. The van der Waals surface area contributed by atoms with Crippen LogP contribution in [0.1, 0.15) is 29.2 Å². The van der Waals surface area contributed by atoms with E-state index in [1.165, 1.54) is 0 Å². The third-order valence-electron chi connectivity index (χ3n) is 6.86. The predicted molar refractivity (Wildman–Crippen MR) is 154 cm³/mol. The van der Waals surface area contributed by atoms with Gasteiger partial charge in [0.2, 0.25) is 5.90 Å². The topological polar surface area (TPSA) is 92.6 Å². The second-order valence-corrected chi connectivity index (χ2v) is 10.5. The molecule has 2 heterocycles. The van der Waals surface area contributed by atoms with Crippen LogP contribution in [-0.4, -0.2) is 67.0 Å². The summed E-state index contributed by atoms with van der Waals surface area (Å²) in [5.74, 6) is 0.688. The molecule has 0 unspecified atom stereocenters. The Morgan fingerprint density at radius 2 is 1.82 bits per heavy atom. The van der Waals surface area contributed by atoms with E-state index in [4.69, 9.17) is 47.5 Å². The summed E-state index contributed by atoms with van der Waals surface area (Å²) >= 11 is 12.9. The number of nitrogens with one attached hydrogen (secondary N) is 1. The quantitative estimate of drug-likeness (QED) is 0.338.